The first-order chi connectivity index (χ1) is 17.3. The number of halogens is 2. The molecule has 2 heterocycles. The smallest absolute Gasteiger partial charge is 0.256 e. The molecule has 2 aliphatic rings. The summed E-state index contributed by atoms with van der Waals surface area (Å²) < 4.78 is 67.3. The minimum atomic E-state index is -3.95. The van der Waals surface area contributed by atoms with Crippen molar-refractivity contribution in [3.63, 3.8) is 0 Å². The third-order valence-electron chi connectivity index (χ3n) is 6.49. The zero-order chi connectivity index (χ0) is 25.7. The molecule has 1 atom stereocenters. The predicted octanol–water partition coefficient (Wildman–Crippen LogP) is 2.14. The van der Waals surface area contributed by atoms with Crippen LogP contribution in [0.4, 0.5) is 8.78 Å². The topological polar surface area (TPSA) is 79.4 Å². The van der Waals surface area contributed by atoms with E-state index in [1.807, 2.05) is 0 Å². The first-order valence-corrected chi connectivity index (χ1v) is 13.4. The van der Waals surface area contributed by atoms with E-state index in [1.165, 1.54) is 39.5 Å². The zero-order valence-corrected chi connectivity index (χ0v) is 21.1. The summed E-state index contributed by atoms with van der Waals surface area (Å²) in [5.74, 6) is -1.69. The van der Waals surface area contributed by atoms with Crippen molar-refractivity contribution in [3.8, 4) is 0 Å². The third kappa shape index (κ3) is 6.27. The Labute approximate surface area is 210 Å². The Kier molecular flexibility index (Phi) is 8.68. The molecule has 196 valence electrons. The predicted molar refractivity (Wildman–Crippen MR) is 129 cm³/mol. The Hall–Kier alpha value is -2.44. The van der Waals surface area contributed by atoms with E-state index in [-0.39, 0.29) is 36.7 Å². The molecule has 4 rings (SSSR count). The van der Waals surface area contributed by atoms with E-state index in [0.29, 0.717) is 31.9 Å². The molecule has 0 aromatic heterocycles. The minimum Gasteiger partial charge on any atom is -0.379 e. The summed E-state index contributed by atoms with van der Waals surface area (Å²) in [5.41, 5.74) is 0.311. The molecule has 0 aliphatic carbocycles. The number of carbonyl (C=O) groups excluding carboxylic acids is 1. The molecule has 2 aromatic rings. The van der Waals surface area contributed by atoms with Crippen molar-refractivity contribution in [2.75, 3.05) is 65.6 Å². The Bertz CT molecular complexity index is 1170. The van der Waals surface area contributed by atoms with Crippen molar-refractivity contribution in [2.24, 2.45) is 0 Å². The number of hydrogen-bond donors (Lipinski definition) is 0. The molecule has 1 unspecified atom stereocenters. The molecule has 8 nitrogen and oxygen atoms in total. The van der Waals surface area contributed by atoms with Gasteiger partial charge in [0.1, 0.15) is 11.6 Å². The lowest BCUT2D eigenvalue weighted by Crippen LogP contribution is -2.52. The molecular weight excluding hydrogens is 492 g/mol. The molecule has 11 heteroatoms. The third-order valence-corrected chi connectivity index (χ3v) is 8.35. The molecular formula is C25H31F2N3O5S. The number of ether oxygens (including phenoxy) is 2. The maximum absolute atomic E-state index is 14.4. The molecule has 2 aliphatic heterocycles. The van der Waals surface area contributed by atoms with Gasteiger partial charge in [-0.15, -0.1) is 0 Å². The van der Waals surface area contributed by atoms with E-state index in [4.69, 9.17) is 9.47 Å². The van der Waals surface area contributed by atoms with Crippen molar-refractivity contribution in [2.45, 2.75) is 17.9 Å². The molecule has 0 spiro atoms. The number of rotatable bonds is 8. The number of hydrogen-bond acceptors (Lipinski definition) is 6. The lowest BCUT2D eigenvalue weighted by molar-refractivity contribution is -0.0201. The largest absolute Gasteiger partial charge is 0.379 e. The van der Waals surface area contributed by atoms with Gasteiger partial charge in [0.05, 0.1) is 36.4 Å². The average Bonchev–Trinajstić information content (AvgIpc) is 2.88. The summed E-state index contributed by atoms with van der Waals surface area (Å²) in [7, 11) is -3.95. The van der Waals surface area contributed by atoms with Crippen molar-refractivity contribution in [3.05, 3.63) is 65.2 Å². The van der Waals surface area contributed by atoms with Gasteiger partial charge in [0.15, 0.2) is 0 Å². The fraction of sp³-hybridized carbons (Fsp3) is 0.480. The van der Waals surface area contributed by atoms with Crippen LogP contribution in [0.2, 0.25) is 0 Å². The van der Waals surface area contributed by atoms with Crippen molar-refractivity contribution in [1.29, 1.82) is 0 Å². The maximum atomic E-state index is 14.4. The maximum Gasteiger partial charge on any atom is 0.256 e. The number of benzene rings is 2. The number of aryl methyl sites for hydroxylation is 1. The Morgan fingerprint density at radius 3 is 2.53 bits per heavy atom. The molecule has 2 fully saturated rings. The highest BCUT2D eigenvalue weighted by atomic mass is 32.2. The first-order valence-electron chi connectivity index (χ1n) is 12.0. The number of amides is 1. The van der Waals surface area contributed by atoms with Crippen LogP contribution in [0.5, 0.6) is 0 Å². The van der Waals surface area contributed by atoms with Crippen LogP contribution in [0, 0.1) is 18.6 Å². The van der Waals surface area contributed by atoms with E-state index in [2.05, 4.69) is 4.90 Å². The highest BCUT2D eigenvalue weighted by Crippen LogP contribution is 2.22. The van der Waals surface area contributed by atoms with Crippen LogP contribution in [-0.4, -0.2) is 100 Å². The second-order valence-corrected chi connectivity index (χ2v) is 10.9. The van der Waals surface area contributed by atoms with Gasteiger partial charge in [0.2, 0.25) is 10.0 Å². The van der Waals surface area contributed by atoms with Crippen molar-refractivity contribution in [1.82, 2.24) is 14.1 Å². The second-order valence-electron chi connectivity index (χ2n) is 8.95. The van der Waals surface area contributed by atoms with Gasteiger partial charge in [-0.3, -0.25) is 9.69 Å². The van der Waals surface area contributed by atoms with Crippen LogP contribution in [0.3, 0.4) is 0 Å². The number of nitrogens with zero attached hydrogens (tertiary/aromatic N) is 3. The molecule has 2 aromatic carbocycles. The normalized spacial score (nSPS) is 19.8. The highest BCUT2D eigenvalue weighted by molar-refractivity contribution is 7.89. The minimum absolute atomic E-state index is 0.00354. The molecule has 36 heavy (non-hydrogen) atoms. The van der Waals surface area contributed by atoms with E-state index < -0.39 is 33.7 Å². The summed E-state index contributed by atoms with van der Waals surface area (Å²) in [5, 5.41) is 0. The van der Waals surface area contributed by atoms with Gasteiger partial charge >= 0.3 is 0 Å². The standard InChI is InChI=1S/C25H31F2N3O5S/c1-19-6-7-21(16-24(19)27)36(32,33)30-12-15-35-20(18-30)17-29(9-8-28-10-13-34-14-11-28)25(31)22-4-2-3-5-23(22)26/h2-7,16,20H,8-15,17-18H2,1H3. The summed E-state index contributed by atoms with van der Waals surface area (Å²) in [6.07, 6.45) is -0.621. The van der Waals surface area contributed by atoms with E-state index >= 15 is 0 Å². The molecule has 0 saturated carbocycles. The average molecular weight is 524 g/mol. The number of morpholine rings is 2. The molecule has 2 saturated heterocycles. The lowest BCUT2D eigenvalue weighted by Gasteiger charge is -2.36. The van der Waals surface area contributed by atoms with Gasteiger partial charge in [-0.25, -0.2) is 17.2 Å². The molecule has 0 radical (unpaired) electrons. The summed E-state index contributed by atoms with van der Waals surface area (Å²) in [6, 6.07) is 9.62. The Morgan fingerprint density at radius 2 is 1.81 bits per heavy atom. The fourth-order valence-electron chi connectivity index (χ4n) is 4.32. The van der Waals surface area contributed by atoms with Crippen molar-refractivity contribution < 1.29 is 31.5 Å². The van der Waals surface area contributed by atoms with Crippen LogP contribution in [0.25, 0.3) is 0 Å². The van der Waals surface area contributed by atoms with Gasteiger partial charge in [0.25, 0.3) is 5.91 Å². The van der Waals surface area contributed by atoms with Gasteiger partial charge in [-0.1, -0.05) is 18.2 Å². The second kappa shape index (κ2) is 11.7. The van der Waals surface area contributed by atoms with Crippen LogP contribution in [-0.2, 0) is 19.5 Å². The summed E-state index contributed by atoms with van der Waals surface area (Å²) in [4.78, 5) is 16.8. The molecule has 0 bridgehead atoms. The SMILES string of the molecule is Cc1ccc(S(=O)(=O)N2CCOC(CN(CCN3CCOCC3)C(=O)c3ccccc3F)C2)cc1F. The fourth-order valence-corrected chi connectivity index (χ4v) is 5.79. The van der Waals surface area contributed by atoms with Crippen LogP contribution < -0.4 is 0 Å². The quantitative estimate of drug-likeness (QED) is 0.528. The van der Waals surface area contributed by atoms with E-state index in [0.717, 1.165) is 19.2 Å². The van der Waals surface area contributed by atoms with Gasteiger partial charge < -0.3 is 14.4 Å². The zero-order valence-electron chi connectivity index (χ0n) is 20.2. The van der Waals surface area contributed by atoms with Gasteiger partial charge in [-0.2, -0.15) is 4.31 Å². The van der Waals surface area contributed by atoms with Gasteiger partial charge in [0, 0.05) is 45.8 Å². The Morgan fingerprint density at radius 1 is 1.06 bits per heavy atom. The molecule has 0 N–H and O–H groups in total. The lowest BCUT2D eigenvalue weighted by atomic mass is 10.1. The number of carbonyl (C=O) groups is 1. The van der Waals surface area contributed by atoms with E-state index in [1.54, 1.807) is 13.0 Å². The van der Waals surface area contributed by atoms with Gasteiger partial charge in [-0.05, 0) is 36.8 Å². The monoisotopic (exact) mass is 523 g/mol. The van der Waals surface area contributed by atoms with Crippen LogP contribution in [0.15, 0.2) is 47.4 Å². The van der Waals surface area contributed by atoms with E-state index in [9.17, 15) is 22.0 Å². The number of sulfonamides is 1. The highest BCUT2D eigenvalue weighted by Gasteiger charge is 2.33. The van der Waals surface area contributed by atoms with Crippen LogP contribution in [0.1, 0.15) is 15.9 Å². The first kappa shape index (κ1) is 26.6. The summed E-state index contributed by atoms with van der Waals surface area (Å²) in [6.45, 7) is 5.48. The molecule has 1 amide bonds. The Balaban J connectivity index is 1.49. The van der Waals surface area contributed by atoms with Crippen molar-refractivity contribution >= 4 is 15.9 Å². The summed E-state index contributed by atoms with van der Waals surface area (Å²) >= 11 is 0. The van der Waals surface area contributed by atoms with Crippen LogP contribution >= 0.6 is 0 Å².